The molecule has 1 aliphatic heterocycles. The Morgan fingerprint density at radius 2 is 1.87 bits per heavy atom. The van der Waals surface area contributed by atoms with Gasteiger partial charge in [-0.2, -0.15) is 0 Å². The highest BCUT2D eigenvalue weighted by Gasteiger charge is 2.27. The van der Waals surface area contributed by atoms with E-state index in [1.54, 1.807) is 0 Å². The van der Waals surface area contributed by atoms with Crippen molar-refractivity contribution < 1.29 is 0 Å². The molecule has 0 radical (unpaired) electrons. The van der Waals surface area contributed by atoms with E-state index in [9.17, 15) is 0 Å². The maximum atomic E-state index is 5.66. The second-order valence-electron chi connectivity index (χ2n) is 6.49. The van der Waals surface area contributed by atoms with Gasteiger partial charge in [0.2, 0.25) is 0 Å². The molecule has 5 heteroatoms. The molecule has 0 spiro atoms. The molecule has 1 aromatic carbocycles. The summed E-state index contributed by atoms with van der Waals surface area (Å²) in [6, 6.07) is 10.3. The van der Waals surface area contributed by atoms with E-state index in [4.69, 9.17) is 5.73 Å². The van der Waals surface area contributed by atoms with Gasteiger partial charge in [0.25, 0.3) is 0 Å². The van der Waals surface area contributed by atoms with Crippen molar-refractivity contribution in [1.29, 1.82) is 0 Å². The summed E-state index contributed by atoms with van der Waals surface area (Å²) in [5.41, 5.74) is 8.45. The van der Waals surface area contributed by atoms with Gasteiger partial charge in [-0.1, -0.05) is 31.2 Å². The third kappa shape index (κ3) is 6.60. The maximum Gasteiger partial charge on any atom is 0.0235 e. The fourth-order valence-corrected chi connectivity index (χ4v) is 3.43. The fourth-order valence-electron chi connectivity index (χ4n) is 3.43. The Morgan fingerprint density at radius 3 is 2.48 bits per heavy atom. The first kappa shape index (κ1) is 22.7. The molecule has 1 aliphatic rings. The summed E-state index contributed by atoms with van der Waals surface area (Å²) in [6.07, 6.45) is 2.22. The summed E-state index contributed by atoms with van der Waals surface area (Å²) < 4.78 is 0. The zero-order valence-electron chi connectivity index (χ0n) is 14.7. The quantitative estimate of drug-likeness (QED) is 0.843. The lowest BCUT2D eigenvalue weighted by atomic mass is 10.0. The number of piperazine rings is 1. The molecule has 0 aliphatic carbocycles. The second kappa shape index (κ2) is 11.3. The first-order chi connectivity index (χ1) is 10.1. The van der Waals surface area contributed by atoms with Gasteiger partial charge in [0.15, 0.2) is 0 Å². The molecule has 0 aromatic heterocycles. The maximum absolute atomic E-state index is 5.66. The molecule has 2 rings (SSSR count). The Balaban J connectivity index is 0.00000242. The van der Waals surface area contributed by atoms with Crippen LogP contribution in [0.4, 0.5) is 0 Å². The number of hydrogen-bond donors (Lipinski definition) is 1. The normalized spacial score (nSPS) is 19.3. The molecular weight excluding hydrogens is 329 g/mol. The molecule has 1 atom stereocenters. The third-order valence-electron chi connectivity index (χ3n) is 4.58. The lowest BCUT2D eigenvalue weighted by Crippen LogP contribution is -2.54. The van der Waals surface area contributed by atoms with Crippen molar-refractivity contribution in [3.63, 3.8) is 0 Å². The first-order valence-corrected chi connectivity index (χ1v) is 8.40. The highest BCUT2D eigenvalue weighted by atomic mass is 35.5. The van der Waals surface area contributed by atoms with Gasteiger partial charge in [0.1, 0.15) is 0 Å². The van der Waals surface area contributed by atoms with E-state index in [2.05, 4.69) is 54.8 Å². The zero-order valence-corrected chi connectivity index (χ0v) is 16.3. The monoisotopic (exact) mass is 361 g/mol. The van der Waals surface area contributed by atoms with Crippen LogP contribution in [0.3, 0.4) is 0 Å². The molecule has 2 N–H and O–H groups in total. The zero-order chi connectivity index (χ0) is 15.2. The van der Waals surface area contributed by atoms with Crippen molar-refractivity contribution in [2.45, 2.75) is 52.2 Å². The van der Waals surface area contributed by atoms with Crippen LogP contribution >= 0.6 is 24.8 Å². The Bertz CT molecular complexity index is 440. The van der Waals surface area contributed by atoms with Crippen LogP contribution in [0.2, 0.25) is 0 Å². The molecule has 134 valence electrons. The van der Waals surface area contributed by atoms with Gasteiger partial charge in [0.05, 0.1) is 0 Å². The highest BCUT2D eigenvalue weighted by molar-refractivity contribution is 5.85. The Hall–Kier alpha value is -0.320. The summed E-state index contributed by atoms with van der Waals surface area (Å²) in [7, 11) is 0. The van der Waals surface area contributed by atoms with Gasteiger partial charge in [0, 0.05) is 38.3 Å². The lowest BCUT2D eigenvalue weighted by molar-refractivity contribution is 0.0457. The van der Waals surface area contributed by atoms with E-state index in [-0.39, 0.29) is 24.8 Å². The molecule has 23 heavy (non-hydrogen) atoms. The van der Waals surface area contributed by atoms with Gasteiger partial charge in [-0.15, -0.1) is 24.8 Å². The van der Waals surface area contributed by atoms with Crippen molar-refractivity contribution in [1.82, 2.24) is 9.80 Å². The molecule has 1 saturated heterocycles. The number of nitrogens with two attached hydrogens (primary N) is 1. The minimum absolute atomic E-state index is 0. The third-order valence-corrected chi connectivity index (χ3v) is 4.58. The van der Waals surface area contributed by atoms with Crippen LogP contribution in [0.5, 0.6) is 0 Å². The summed E-state index contributed by atoms with van der Waals surface area (Å²) in [6.45, 7) is 12.3. The molecule has 1 aromatic rings. The predicted molar refractivity (Wildman–Crippen MR) is 105 cm³/mol. The average Bonchev–Trinajstić information content (AvgIpc) is 2.47. The van der Waals surface area contributed by atoms with Crippen LogP contribution in [0.15, 0.2) is 24.3 Å². The summed E-state index contributed by atoms with van der Waals surface area (Å²) >= 11 is 0. The van der Waals surface area contributed by atoms with Gasteiger partial charge >= 0.3 is 0 Å². The van der Waals surface area contributed by atoms with Gasteiger partial charge in [-0.05, 0) is 44.4 Å². The topological polar surface area (TPSA) is 32.5 Å². The molecule has 0 saturated carbocycles. The number of halogens is 2. The van der Waals surface area contributed by atoms with Gasteiger partial charge in [-0.25, -0.2) is 0 Å². The Morgan fingerprint density at radius 1 is 1.17 bits per heavy atom. The summed E-state index contributed by atoms with van der Waals surface area (Å²) in [5, 5.41) is 0. The summed E-state index contributed by atoms with van der Waals surface area (Å²) in [5.74, 6) is 0. The van der Waals surface area contributed by atoms with E-state index >= 15 is 0 Å². The minimum Gasteiger partial charge on any atom is -0.330 e. The Labute approximate surface area is 154 Å². The van der Waals surface area contributed by atoms with Crippen molar-refractivity contribution in [3.8, 4) is 0 Å². The summed E-state index contributed by atoms with van der Waals surface area (Å²) in [4.78, 5) is 5.26. The van der Waals surface area contributed by atoms with Crippen molar-refractivity contribution in [3.05, 3.63) is 35.4 Å². The number of nitrogens with zero attached hydrogens (tertiary/aromatic N) is 2. The van der Waals surface area contributed by atoms with Crippen LogP contribution in [0, 0.1) is 0 Å². The van der Waals surface area contributed by atoms with Crippen LogP contribution < -0.4 is 5.73 Å². The van der Waals surface area contributed by atoms with Crippen LogP contribution in [0.25, 0.3) is 0 Å². The molecular formula is C18H33Cl2N3. The molecule has 1 unspecified atom stereocenters. The van der Waals surface area contributed by atoms with E-state index in [0.29, 0.717) is 12.1 Å². The van der Waals surface area contributed by atoms with Crippen LogP contribution in [0.1, 0.15) is 38.3 Å². The lowest BCUT2D eigenvalue weighted by Gasteiger charge is -2.43. The van der Waals surface area contributed by atoms with Crippen LogP contribution in [-0.2, 0) is 13.0 Å². The van der Waals surface area contributed by atoms with E-state index in [0.717, 1.165) is 19.5 Å². The average molecular weight is 362 g/mol. The molecule has 3 nitrogen and oxygen atoms in total. The molecule has 0 amide bonds. The van der Waals surface area contributed by atoms with E-state index in [1.165, 1.54) is 37.2 Å². The Kier molecular flexibility index (Phi) is 11.1. The highest BCUT2D eigenvalue weighted by Crippen LogP contribution is 2.18. The second-order valence-corrected chi connectivity index (χ2v) is 6.49. The largest absolute Gasteiger partial charge is 0.330 e. The molecule has 0 bridgehead atoms. The van der Waals surface area contributed by atoms with Crippen LogP contribution in [-0.4, -0.2) is 48.1 Å². The van der Waals surface area contributed by atoms with E-state index in [1.807, 2.05) is 0 Å². The van der Waals surface area contributed by atoms with Crippen molar-refractivity contribution in [2.75, 3.05) is 26.2 Å². The SMILES string of the molecule is CCC1CN(Cc2cccc(CCN)c2)CCN1C(C)C.Cl.Cl. The van der Waals surface area contributed by atoms with Crippen molar-refractivity contribution in [2.24, 2.45) is 5.73 Å². The molecule has 1 heterocycles. The fraction of sp³-hybridized carbons (Fsp3) is 0.667. The van der Waals surface area contributed by atoms with Gasteiger partial charge < -0.3 is 5.73 Å². The minimum atomic E-state index is 0. The smallest absolute Gasteiger partial charge is 0.0235 e. The van der Waals surface area contributed by atoms with Gasteiger partial charge in [-0.3, -0.25) is 9.80 Å². The molecule has 1 fully saturated rings. The predicted octanol–water partition coefficient (Wildman–Crippen LogP) is 3.34. The standard InChI is InChI=1S/C18H31N3.2ClH/c1-4-18-14-20(10-11-21(18)15(2)3)13-17-7-5-6-16(12-17)8-9-19;;/h5-7,12,15,18H,4,8-11,13-14,19H2,1-3H3;2*1H. The number of rotatable bonds is 6. The number of hydrogen-bond acceptors (Lipinski definition) is 3. The number of benzene rings is 1. The first-order valence-electron chi connectivity index (χ1n) is 8.40. The van der Waals surface area contributed by atoms with Crippen molar-refractivity contribution >= 4 is 24.8 Å². The van der Waals surface area contributed by atoms with E-state index < -0.39 is 0 Å².